The zero-order valence-electron chi connectivity index (χ0n) is 23.3. The highest BCUT2D eigenvalue weighted by molar-refractivity contribution is 5.92. The molecule has 2 bridgehead atoms. The molecule has 2 aliphatic rings. The van der Waals surface area contributed by atoms with Crippen LogP contribution < -0.4 is 16.1 Å². The summed E-state index contributed by atoms with van der Waals surface area (Å²) >= 11 is 0. The molecule has 3 rings (SSSR count). The molecule has 9 heteroatoms. The van der Waals surface area contributed by atoms with Gasteiger partial charge in [-0.3, -0.25) is 24.2 Å². The largest absolute Gasteiger partial charge is 0.464 e. The Morgan fingerprint density at radius 3 is 2.36 bits per heavy atom. The molecule has 0 aliphatic carbocycles. The lowest BCUT2D eigenvalue weighted by atomic mass is 10.00. The van der Waals surface area contributed by atoms with Crippen molar-refractivity contribution in [3.05, 3.63) is 48.0 Å². The first-order valence-electron chi connectivity index (χ1n) is 14.4. The zero-order chi connectivity index (χ0) is 28.0. The van der Waals surface area contributed by atoms with Crippen LogP contribution in [0, 0.1) is 5.92 Å². The summed E-state index contributed by atoms with van der Waals surface area (Å²) in [7, 11) is 0. The second kappa shape index (κ2) is 16.0. The number of allylic oxidation sites excluding steroid dienone is 2. The van der Waals surface area contributed by atoms with Gasteiger partial charge in [0.05, 0.1) is 6.61 Å². The fourth-order valence-corrected chi connectivity index (χ4v) is 4.82. The predicted molar refractivity (Wildman–Crippen MR) is 149 cm³/mol. The van der Waals surface area contributed by atoms with Gasteiger partial charge in [-0.2, -0.15) is 0 Å². The Morgan fingerprint density at radius 1 is 0.923 bits per heavy atom. The van der Waals surface area contributed by atoms with Gasteiger partial charge in [-0.05, 0) is 62.8 Å². The van der Waals surface area contributed by atoms with Crippen molar-refractivity contribution >= 4 is 23.7 Å². The maximum atomic E-state index is 13.7. The minimum Gasteiger partial charge on any atom is -0.464 e. The van der Waals surface area contributed by atoms with Crippen LogP contribution in [0.15, 0.2) is 42.5 Å². The molecular formula is C30H44N4O5. The van der Waals surface area contributed by atoms with Gasteiger partial charge in [0.25, 0.3) is 5.91 Å². The van der Waals surface area contributed by atoms with Gasteiger partial charge in [0.15, 0.2) is 0 Å². The van der Waals surface area contributed by atoms with E-state index in [0.717, 1.165) is 44.1 Å². The minimum absolute atomic E-state index is 0.165. The molecule has 0 saturated carbocycles. The summed E-state index contributed by atoms with van der Waals surface area (Å²) in [4.78, 5) is 52.5. The predicted octanol–water partition coefficient (Wildman–Crippen LogP) is 3.19. The third kappa shape index (κ3) is 10.1. The normalized spacial score (nSPS) is 25.2. The van der Waals surface area contributed by atoms with Crippen LogP contribution in [0.3, 0.4) is 0 Å². The van der Waals surface area contributed by atoms with E-state index in [1.807, 2.05) is 44.2 Å². The number of carbonyl (C=O) groups is 4. The topological polar surface area (TPSA) is 117 Å². The third-order valence-corrected chi connectivity index (χ3v) is 7.10. The number of benzene rings is 1. The first-order valence-corrected chi connectivity index (χ1v) is 14.4. The van der Waals surface area contributed by atoms with Crippen LogP contribution in [0.2, 0.25) is 0 Å². The highest BCUT2D eigenvalue weighted by atomic mass is 16.5. The van der Waals surface area contributed by atoms with E-state index in [4.69, 9.17) is 4.74 Å². The van der Waals surface area contributed by atoms with Crippen LogP contribution in [0.1, 0.15) is 77.2 Å². The molecule has 0 radical (unpaired) electrons. The molecule has 3 atom stereocenters. The number of nitrogens with zero attached hydrogens (tertiary/aromatic N) is 1. The van der Waals surface area contributed by atoms with Gasteiger partial charge < -0.3 is 15.4 Å². The summed E-state index contributed by atoms with van der Waals surface area (Å²) in [5.74, 6) is -1.42. The lowest BCUT2D eigenvalue weighted by molar-refractivity contribution is -0.153. The smallest absolute Gasteiger partial charge is 0.324 e. The molecule has 0 spiro atoms. The molecule has 2 heterocycles. The van der Waals surface area contributed by atoms with Gasteiger partial charge in [0.2, 0.25) is 11.8 Å². The van der Waals surface area contributed by atoms with Crippen molar-refractivity contribution in [3.63, 3.8) is 0 Å². The summed E-state index contributed by atoms with van der Waals surface area (Å²) in [5.41, 5.74) is 3.93. The summed E-state index contributed by atoms with van der Waals surface area (Å²) in [5, 5.41) is 7.22. The fraction of sp³-hybridized carbons (Fsp3) is 0.600. The Labute approximate surface area is 232 Å². The van der Waals surface area contributed by atoms with E-state index in [-0.39, 0.29) is 30.1 Å². The SMILES string of the molecule is CC(C)[C@@H]1NC(=O)CCCCC=CCCCCOC(=O)[C@@H]2CCCN(N2)C(=O)[C@H](Cc2ccccc2)NC1=O. The monoisotopic (exact) mass is 540 g/mol. The molecule has 39 heavy (non-hydrogen) atoms. The molecule has 9 nitrogen and oxygen atoms in total. The number of hydrazine groups is 1. The lowest BCUT2D eigenvalue weighted by Gasteiger charge is -2.35. The van der Waals surface area contributed by atoms with E-state index in [9.17, 15) is 19.2 Å². The van der Waals surface area contributed by atoms with Crippen molar-refractivity contribution < 1.29 is 23.9 Å². The molecule has 1 fully saturated rings. The van der Waals surface area contributed by atoms with Crippen LogP contribution in [-0.4, -0.2) is 60.0 Å². The number of hydrogen-bond acceptors (Lipinski definition) is 6. The minimum atomic E-state index is -0.870. The Kier molecular flexibility index (Phi) is 12.5. The summed E-state index contributed by atoms with van der Waals surface area (Å²) in [6, 6.07) is 7.22. The van der Waals surface area contributed by atoms with Crippen LogP contribution in [-0.2, 0) is 30.3 Å². The van der Waals surface area contributed by atoms with Crippen LogP contribution in [0.5, 0.6) is 0 Å². The summed E-state index contributed by atoms with van der Waals surface area (Å²) < 4.78 is 5.49. The van der Waals surface area contributed by atoms with Crippen molar-refractivity contribution in [1.29, 1.82) is 0 Å². The fourth-order valence-electron chi connectivity index (χ4n) is 4.82. The number of hydrogen-bond donors (Lipinski definition) is 3. The second-order valence-corrected chi connectivity index (χ2v) is 10.7. The molecule has 214 valence electrons. The number of carbonyl (C=O) groups excluding carboxylic acids is 4. The molecule has 1 aromatic carbocycles. The number of ether oxygens (including phenoxy) is 1. The van der Waals surface area contributed by atoms with Gasteiger partial charge in [-0.15, -0.1) is 0 Å². The first kappa shape index (κ1) is 30.3. The van der Waals surface area contributed by atoms with Crippen LogP contribution >= 0.6 is 0 Å². The number of nitrogens with one attached hydrogen (secondary N) is 3. The lowest BCUT2D eigenvalue weighted by Crippen LogP contribution is -2.62. The highest BCUT2D eigenvalue weighted by Gasteiger charge is 2.35. The van der Waals surface area contributed by atoms with Crippen molar-refractivity contribution in [2.75, 3.05) is 13.2 Å². The van der Waals surface area contributed by atoms with E-state index in [2.05, 4.69) is 28.2 Å². The molecule has 3 N–H and O–H groups in total. The maximum Gasteiger partial charge on any atom is 0.324 e. The number of esters is 1. The second-order valence-electron chi connectivity index (χ2n) is 10.7. The standard InChI is InChI=1S/C30H44N4O5/c1-22(2)27-28(36)31-25(21-23-15-10-9-11-16-23)29(37)34-19-14-17-24(33-34)30(38)39-20-13-8-6-4-3-5-7-12-18-26(35)32-27/h3-4,9-11,15-16,22,24-25,27,33H,5-8,12-14,17-21H2,1-2H3,(H,31,36)(H,32,35)/t24-,25-,27-/m0/s1. The zero-order valence-corrected chi connectivity index (χ0v) is 23.3. The van der Waals surface area contributed by atoms with Crippen molar-refractivity contribution in [2.24, 2.45) is 5.92 Å². The van der Waals surface area contributed by atoms with E-state index in [1.165, 1.54) is 5.01 Å². The van der Waals surface area contributed by atoms with Gasteiger partial charge >= 0.3 is 5.97 Å². The maximum absolute atomic E-state index is 13.7. The Morgan fingerprint density at radius 2 is 1.64 bits per heavy atom. The van der Waals surface area contributed by atoms with Crippen LogP contribution in [0.25, 0.3) is 0 Å². The molecule has 1 saturated heterocycles. The summed E-state index contributed by atoms with van der Waals surface area (Å²) in [6.07, 6.45) is 11.2. The molecular weight excluding hydrogens is 496 g/mol. The quantitative estimate of drug-likeness (QED) is 0.401. The number of fused-ring (bicyclic) bond motifs is 2. The molecule has 3 amide bonds. The molecule has 0 aromatic heterocycles. The summed E-state index contributed by atoms with van der Waals surface area (Å²) in [6.45, 7) is 4.50. The van der Waals surface area contributed by atoms with E-state index in [0.29, 0.717) is 32.4 Å². The van der Waals surface area contributed by atoms with Gasteiger partial charge in [0, 0.05) is 19.4 Å². The van der Waals surface area contributed by atoms with Crippen molar-refractivity contribution in [2.45, 2.75) is 96.2 Å². The van der Waals surface area contributed by atoms with Gasteiger partial charge in [-0.1, -0.05) is 56.3 Å². The van der Waals surface area contributed by atoms with Crippen molar-refractivity contribution in [1.82, 2.24) is 21.1 Å². The van der Waals surface area contributed by atoms with E-state index >= 15 is 0 Å². The Bertz CT molecular complexity index is 981. The number of rotatable bonds is 3. The van der Waals surface area contributed by atoms with Crippen LogP contribution in [0.4, 0.5) is 0 Å². The molecule has 0 unspecified atom stereocenters. The Hall–Kier alpha value is -3.20. The average molecular weight is 541 g/mol. The molecule has 2 aliphatic heterocycles. The molecule has 1 aromatic rings. The first-order chi connectivity index (χ1) is 18.8. The van der Waals surface area contributed by atoms with E-state index < -0.39 is 24.0 Å². The highest BCUT2D eigenvalue weighted by Crippen LogP contribution is 2.14. The van der Waals surface area contributed by atoms with Gasteiger partial charge in [-0.25, -0.2) is 5.43 Å². The third-order valence-electron chi connectivity index (χ3n) is 7.10. The Balaban J connectivity index is 1.79. The van der Waals surface area contributed by atoms with Crippen molar-refractivity contribution in [3.8, 4) is 0 Å². The number of cyclic esters (lactones) is 1. The van der Waals surface area contributed by atoms with Gasteiger partial charge in [0.1, 0.15) is 18.1 Å². The average Bonchev–Trinajstić information content (AvgIpc) is 2.93. The van der Waals surface area contributed by atoms with E-state index in [1.54, 1.807) is 0 Å². The number of amides is 3.